The van der Waals surface area contributed by atoms with Gasteiger partial charge in [0.05, 0.1) is 0 Å². The lowest BCUT2D eigenvalue weighted by molar-refractivity contribution is 0.140. The van der Waals surface area contributed by atoms with Crippen molar-refractivity contribution in [1.82, 2.24) is 10.2 Å². The van der Waals surface area contributed by atoms with Gasteiger partial charge in [-0.3, -0.25) is 4.90 Å². The van der Waals surface area contributed by atoms with Gasteiger partial charge in [-0.25, -0.2) is 0 Å². The van der Waals surface area contributed by atoms with Crippen LogP contribution in [0, 0.1) is 0 Å². The SMILES string of the molecule is CCC(CNC)N(Cc1cccs1)C(C)C. The molecule has 92 valence electrons. The first-order valence-corrected chi connectivity index (χ1v) is 6.99. The third-order valence-electron chi connectivity index (χ3n) is 2.96. The Hall–Kier alpha value is -0.380. The van der Waals surface area contributed by atoms with Crippen molar-refractivity contribution in [1.29, 1.82) is 0 Å². The Morgan fingerprint density at radius 1 is 1.44 bits per heavy atom. The minimum Gasteiger partial charge on any atom is -0.318 e. The number of rotatable bonds is 7. The zero-order chi connectivity index (χ0) is 12.0. The van der Waals surface area contributed by atoms with E-state index in [0.29, 0.717) is 12.1 Å². The van der Waals surface area contributed by atoms with Gasteiger partial charge in [0.2, 0.25) is 0 Å². The second-order valence-electron chi connectivity index (χ2n) is 4.47. The van der Waals surface area contributed by atoms with Gasteiger partial charge in [-0.05, 0) is 38.8 Å². The molecule has 1 heterocycles. The zero-order valence-corrected chi connectivity index (χ0v) is 11.7. The van der Waals surface area contributed by atoms with E-state index < -0.39 is 0 Å². The number of hydrogen-bond donors (Lipinski definition) is 1. The molecule has 1 atom stereocenters. The molecule has 0 aromatic carbocycles. The monoisotopic (exact) mass is 240 g/mol. The second kappa shape index (κ2) is 7.05. The summed E-state index contributed by atoms with van der Waals surface area (Å²) in [7, 11) is 2.03. The molecule has 0 aliphatic rings. The molecule has 0 fully saturated rings. The molecule has 0 saturated heterocycles. The van der Waals surface area contributed by atoms with Crippen molar-refractivity contribution in [3.8, 4) is 0 Å². The lowest BCUT2D eigenvalue weighted by Gasteiger charge is -2.34. The summed E-state index contributed by atoms with van der Waals surface area (Å²) >= 11 is 1.85. The average molecular weight is 240 g/mol. The number of thiophene rings is 1. The fraction of sp³-hybridized carbons (Fsp3) is 0.692. The fourth-order valence-electron chi connectivity index (χ4n) is 2.05. The zero-order valence-electron chi connectivity index (χ0n) is 10.9. The van der Waals surface area contributed by atoms with Crippen LogP contribution in [0.3, 0.4) is 0 Å². The van der Waals surface area contributed by atoms with E-state index in [9.17, 15) is 0 Å². The number of nitrogens with zero attached hydrogens (tertiary/aromatic N) is 1. The van der Waals surface area contributed by atoms with Gasteiger partial charge < -0.3 is 5.32 Å². The molecular weight excluding hydrogens is 216 g/mol. The van der Waals surface area contributed by atoms with E-state index >= 15 is 0 Å². The van der Waals surface area contributed by atoms with Gasteiger partial charge >= 0.3 is 0 Å². The Kier molecular flexibility index (Phi) is 6.03. The summed E-state index contributed by atoms with van der Waals surface area (Å²) in [4.78, 5) is 4.05. The summed E-state index contributed by atoms with van der Waals surface area (Å²) in [5.41, 5.74) is 0. The highest BCUT2D eigenvalue weighted by Gasteiger charge is 2.19. The molecule has 0 aliphatic heterocycles. The smallest absolute Gasteiger partial charge is 0.0334 e. The van der Waals surface area contributed by atoms with Crippen LogP contribution in [0.2, 0.25) is 0 Å². The Bertz CT molecular complexity index is 269. The van der Waals surface area contributed by atoms with Crippen LogP contribution >= 0.6 is 11.3 Å². The van der Waals surface area contributed by atoms with E-state index in [-0.39, 0.29) is 0 Å². The first kappa shape index (κ1) is 13.7. The van der Waals surface area contributed by atoms with Crippen LogP contribution in [0.4, 0.5) is 0 Å². The molecule has 0 aliphatic carbocycles. The van der Waals surface area contributed by atoms with Gasteiger partial charge in [0, 0.05) is 30.1 Å². The second-order valence-corrected chi connectivity index (χ2v) is 5.50. The standard InChI is InChI=1S/C13H24N2S/c1-5-12(9-14-4)15(11(2)3)10-13-7-6-8-16-13/h6-8,11-12,14H,5,9-10H2,1-4H3. The molecule has 0 bridgehead atoms. The van der Waals surface area contributed by atoms with Crippen LogP contribution in [0.15, 0.2) is 17.5 Å². The highest BCUT2D eigenvalue weighted by molar-refractivity contribution is 7.09. The fourth-order valence-corrected chi connectivity index (χ4v) is 2.76. The molecule has 0 saturated carbocycles. The van der Waals surface area contributed by atoms with E-state index in [1.807, 2.05) is 18.4 Å². The lowest BCUT2D eigenvalue weighted by atomic mass is 10.1. The topological polar surface area (TPSA) is 15.3 Å². The number of hydrogen-bond acceptors (Lipinski definition) is 3. The lowest BCUT2D eigenvalue weighted by Crippen LogP contribution is -2.44. The molecule has 1 unspecified atom stereocenters. The Balaban J connectivity index is 2.65. The van der Waals surface area contributed by atoms with Gasteiger partial charge in [0.15, 0.2) is 0 Å². The predicted molar refractivity (Wildman–Crippen MR) is 73.0 cm³/mol. The van der Waals surface area contributed by atoms with Crippen molar-refractivity contribution in [2.75, 3.05) is 13.6 Å². The van der Waals surface area contributed by atoms with Crippen LogP contribution in [0.25, 0.3) is 0 Å². The maximum absolute atomic E-state index is 3.30. The number of likely N-dealkylation sites (N-methyl/N-ethyl adjacent to an activating group) is 1. The number of nitrogens with one attached hydrogen (secondary N) is 1. The van der Waals surface area contributed by atoms with E-state index in [1.165, 1.54) is 11.3 Å². The Morgan fingerprint density at radius 3 is 2.62 bits per heavy atom. The van der Waals surface area contributed by atoms with Crippen molar-refractivity contribution in [3.63, 3.8) is 0 Å². The summed E-state index contributed by atoms with van der Waals surface area (Å²) in [5, 5.41) is 5.45. The molecular formula is C13H24N2S. The quantitative estimate of drug-likeness (QED) is 0.788. The largest absolute Gasteiger partial charge is 0.318 e. The third kappa shape index (κ3) is 3.89. The molecule has 1 rings (SSSR count). The van der Waals surface area contributed by atoms with Crippen LogP contribution in [0.5, 0.6) is 0 Å². The van der Waals surface area contributed by atoms with Crippen LogP contribution < -0.4 is 5.32 Å². The van der Waals surface area contributed by atoms with Gasteiger partial charge in [-0.1, -0.05) is 13.0 Å². The maximum atomic E-state index is 3.30. The molecule has 0 amide bonds. The van der Waals surface area contributed by atoms with E-state index in [2.05, 4.69) is 48.5 Å². The predicted octanol–water partition coefficient (Wildman–Crippen LogP) is 2.96. The van der Waals surface area contributed by atoms with E-state index in [4.69, 9.17) is 0 Å². The average Bonchev–Trinajstić information content (AvgIpc) is 2.75. The van der Waals surface area contributed by atoms with Crippen molar-refractivity contribution >= 4 is 11.3 Å². The molecule has 2 nitrogen and oxygen atoms in total. The van der Waals surface area contributed by atoms with Gasteiger partial charge in [0.25, 0.3) is 0 Å². The van der Waals surface area contributed by atoms with Crippen LogP contribution in [-0.4, -0.2) is 30.6 Å². The highest BCUT2D eigenvalue weighted by Crippen LogP contribution is 2.17. The Labute approximate surface area is 104 Å². The molecule has 16 heavy (non-hydrogen) atoms. The molecule has 3 heteroatoms. The summed E-state index contributed by atoms with van der Waals surface area (Å²) in [6, 6.07) is 5.59. The van der Waals surface area contributed by atoms with E-state index in [0.717, 1.165) is 13.1 Å². The summed E-state index contributed by atoms with van der Waals surface area (Å²) < 4.78 is 0. The van der Waals surface area contributed by atoms with Crippen molar-refractivity contribution < 1.29 is 0 Å². The molecule has 1 aromatic rings. The van der Waals surface area contributed by atoms with Crippen molar-refractivity contribution in [3.05, 3.63) is 22.4 Å². The van der Waals surface area contributed by atoms with Gasteiger partial charge in [-0.15, -0.1) is 11.3 Å². The van der Waals surface area contributed by atoms with Gasteiger partial charge in [0.1, 0.15) is 0 Å². The molecule has 1 aromatic heterocycles. The van der Waals surface area contributed by atoms with E-state index in [1.54, 1.807) is 0 Å². The van der Waals surface area contributed by atoms with Gasteiger partial charge in [-0.2, -0.15) is 0 Å². The highest BCUT2D eigenvalue weighted by atomic mass is 32.1. The van der Waals surface area contributed by atoms with Crippen LogP contribution in [0.1, 0.15) is 32.1 Å². The first-order valence-electron chi connectivity index (χ1n) is 6.11. The molecule has 0 spiro atoms. The minimum absolute atomic E-state index is 0.598. The Morgan fingerprint density at radius 2 is 2.19 bits per heavy atom. The maximum Gasteiger partial charge on any atom is 0.0334 e. The van der Waals surface area contributed by atoms with Crippen molar-refractivity contribution in [2.45, 2.75) is 45.8 Å². The van der Waals surface area contributed by atoms with Crippen LogP contribution in [-0.2, 0) is 6.54 Å². The minimum atomic E-state index is 0.598. The molecule has 0 radical (unpaired) electrons. The summed E-state index contributed by atoms with van der Waals surface area (Å²) in [5.74, 6) is 0. The first-order chi connectivity index (χ1) is 7.69. The molecule has 1 N–H and O–H groups in total. The summed E-state index contributed by atoms with van der Waals surface area (Å²) in [6.45, 7) is 8.99. The normalized spacial score (nSPS) is 13.6. The third-order valence-corrected chi connectivity index (χ3v) is 3.82. The summed E-state index contributed by atoms with van der Waals surface area (Å²) in [6.07, 6.45) is 1.20. The van der Waals surface area contributed by atoms with Crippen molar-refractivity contribution in [2.24, 2.45) is 0 Å².